The third-order valence-corrected chi connectivity index (χ3v) is 11.1. The molecule has 7 rings (SSSR count). The van der Waals surface area contributed by atoms with Crippen molar-refractivity contribution in [3.63, 3.8) is 0 Å². The van der Waals surface area contributed by atoms with Crippen LogP contribution in [0.1, 0.15) is 58.1 Å². The minimum atomic E-state index is -1.16. The van der Waals surface area contributed by atoms with Crippen LogP contribution in [0.2, 0.25) is 0 Å². The third kappa shape index (κ3) is 7.76. The number of carboxylic acid groups (broad SMARTS) is 1. The normalized spacial score (nSPS) is 21.0. The van der Waals surface area contributed by atoms with Gasteiger partial charge in [0.1, 0.15) is 11.0 Å². The summed E-state index contributed by atoms with van der Waals surface area (Å²) in [5, 5.41) is 23.6. The monoisotopic (exact) mass is 709 g/mol. The van der Waals surface area contributed by atoms with E-state index in [1.165, 1.54) is 29.4 Å². The Balaban J connectivity index is 0.945. The largest absolute Gasteiger partial charge is 0.481 e. The summed E-state index contributed by atoms with van der Waals surface area (Å²) in [6, 6.07) is 14.2. The van der Waals surface area contributed by atoms with Crippen LogP contribution >= 0.6 is 0 Å². The summed E-state index contributed by atoms with van der Waals surface area (Å²) in [5.41, 5.74) is 1.50. The van der Waals surface area contributed by atoms with E-state index in [4.69, 9.17) is 4.98 Å². The SMILES string of the molecule is C=CCn1c(=O)c2cnc(Nc3ccc(N4CCN(CC5CCN(C6CCC(C(=O)O)CC6)CC5)CC4)cc3)nc2n1-c1cccc(C(C)(C)O)n1. The van der Waals surface area contributed by atoms with E-state index in [-0.39, 0.29) is 18.0 Å². The predicted molar refractivity (Wildman–Crippen MR) is 202 cm³/mol. The fourth-order valence-corrected chi connectivity index (χ4v) is 8.12. The number of nitrogens with zero attached hydrogens (tertiary/aromatic N) is 8. The first-order chi connectivity index (χ1) is 25.1. The van der Waals surface area contributed by atoms with Crippen LogP contribution in [0.4, 0.5) is 17.3 Å². The van der Waals surface area contributed by atoms with Gasteiger partial charge in [-0.1, -0.05) is 12.1 Å². The molecule has 52 heavy (non-hydrogen) atoms. The van der Waals surface area contributed by atoms with Gasteiger partial charge in [-0.15, -0.1) is 6.58 Å². The minimum Gasteiger partial charge on any atom is -0.481 e. The second kappa shape index (κ2) is 15.2. The Morgan fingerprint density at radius 1 is 0.962 bits per heavy atom. The van der Waals surface area contributed by atoms with Crippen molar-refractivity contribution in [1.82, 2.24) is 34.1 Å². The number of anilines is 3. The molecule has 0 spiro atoms. The Morgan fingerprint density at radius 2 is 1.67 bits per heavy atom. The lowest BCUT2D eigenvalue weighted by Crippen LogP contribution is -2.49. The van der Waals surface area contributed by atoms with Crippen LogP contribution in [0.5, 0.6) is 0 Å². The zero-order valence-electron chi connectivity index (χ0n) is 30.3. The molecule has 0 atom stereocenters. The standard InChI is InChI=1S/C39H51N9O4/c1-4-18-47-36(49)32-25-40-38(43-35(32)48(47)34-7-5-6-33(42-34)39(2,3)52)41-29-10-14-31(15-11-29)46-23-21-44(22-24-46)26-27-16-19-45(20-17-27)30-12-8-28(9-13-30)37(50)51/h4-7,10-11,14-15,25,27-28,30,52H,1,8-9,12-13,16-24,26H2,2-3H3,(H,50,51)(H,40,41,43). The second-order valence-corrected chi connectivity index (χ2v) is 15.1. The molecule has 1 aliphatic carbocycles. The molecule has 0 amide bonds. The molecule has 5 heterocycles. The number of nitrogens with one attached hydrogen (secondary N) is 1. The van der Waals surface area contributed by atoms with Crippen molar-refractivity contribution in [2.45, 2.75) is 70.6 Å². The Hall–Kier alpha value is -4.59. The highest BCUT2D eigenvalue weighted by atomic mass is 16.4. The van der Waals surface area contributed by atoms with Crippen molar-refractivity contribution in [3.8, 4) is 5.82 Å². The van der Waals surface area contributed by atoms with Crippen molar-refractivity contribution < 1.29 is 15.0 Å². The number of hydrogen-bond acceptors (Lipinski definition) is 10. The second-order valence-electron chi connectivity index (χ2n) is 15.1. The summed E-state index contributed by atoms with van der Waals surface area (Å²) in [4.78, 5) is 46.2. The number of carboxylic acids is 1. The van der Waals surface area contributed by atoms with E-state index in [1.54, 1.807) is 42.8 Å². The van der Waals surface area contributed by atoms with Gasteiger partial charge in [0.2, 0.25) is 5.95 Å². The lowest BCUT2D eigenvalue weighted by Gasteiger charge is -2.42. The molecule has 2 aliphatic heterocycles. The molecule has 3 N–H and O–H groups in total. The number of pyridine rings is 1. The molecule has 4 aromatic rings. The fraction of sp³-hybridized carbons (Fsp3) is 0.513. The summed E-state index contributed by atoms with van der Waals surface area (Å²) in [5.74, 6) is 0.782. The first kappa shape index (κ1) is 35.8. The van der Waals surface area contributed by atoms with Crippen LogP contribution < -0.4 is 15.8 Å². The maximum Gasteiger partial charge on any atom is 0.306 e. The van der Waals surface area contributed by atoms with Gasteiger partial charge in [0.15, 0.2) is 11.5 Å². The number of hydrogen-bond donors (Lipinski definition) is 3. The van der Waals surface area contributed by atoms with Crippen LogP contribution in [0.25, 0.3) is 16.9 Å². The van der Waals surface area contributed by atoms with Crippen LogP contribution in [0.15, 0.2) is 66.1 Å². The summed E-state index contributed by atoms with van der Waals surface area (Å²) >= 11 is 0. The highest BCUT2D eigenvalue weighted by Crippen LogP contribution is 2.31. The summed E-state index contributed by atoms with van der Waals surface area (Å²) < 4.78 is 3.17. The highest BCUT2D eigenvalue weighted by molar-refractivity contribution is 5.77. The molecule has 0 bridgehead atoms. The van der Waals surface area contributed by atoms with Crippen molar-refractivity contribution in [2.75, 3.05) is 56.0 Å². The predicted octanol–water partition coefficient (Wildman–Crippen LogP) is 4.61. The Morgan fingerprint density at radius 3 is 2.33 bits per heavy atom. The Kier molecular flexibility index (Phi) is 10.4. The Bertz CT molecular complexity index is 1930. The average molecular weight is 710 g/mol. The topological polar surface area (TPSA) is 145 Å². The number of aliphatic carboxylic acids is 1. The van der Waals surface area contributed by atoms with Crippen molar-refractivity contribution in [2.24, 2.45) is 11.8 Å². The molecular formula is C39H51N9O4. The number of carbonyl (C=O) groups is 1. The summed E-state index contributed by atoms with van der Waals surface area (Å²) in [6.07, 6.45) is 9.34. The van der Waals surface area contributed by atoms with E-state index in [0.29, 0.717) is 34.5 Å². The van der Waals surface area contributed by atoms with E-state index >= 15 is 0 Å². The molecule has 3 aromatic heterocycles. The summed E-state index contributed by atoms with van der Waals surface area (Å²) in [6.45, 7) is 14.9. The maximum atomic E-state index is 13.4. The molecule has 13 heteroatoms. The molecule has 0 radical (unpaired) electrons. The molecule has 0 unspecified atom stereocenters. The molecule has 13 nitrogen and oxygen atoms in total. The average Bonchev–Trinajstić information content (AvgIpc) is 3.42. The number of allylic oxidation sites excluding steroid dienone is 1. The molecule has 276 valence electrons. The van der Waals surface area contributed by atoms with Gasteiger partial charge in [0, 0.05) is 56.3 Å². The van der Waals surface area contributed by atoms with Gasteiger partial charge >= 0.3 is 5.97 Å². The van der Waals surface area contributed by atoms with Crippen molar-refractivity contribution >= 4 is 34.3 Å². The van der Waals surface area contributed by atoms with Crippen LogP contribution in [-0.4, -0.2) is 102 Å². The molecule has 1 saturated carbocycles. The van der Waals surface area contributed by atoms with E-state index in [0.717, 1.165) is 83.1 Å². The lowest BCUT2D eigenvalue weighted by atomic mass is 9.84. The van der Waals surface area contributed by atoms with Gasteiger partial charge in [0.25, 0.3) is 5.56 Å². The van der Waals surface area contributed by atoms with Crippen molar-refractivity contribution in [1.29, 1.82) is 0 Å². The number of benzene rings is 1. The van der Waals surface area contributed by atoms with Crippen molar-refractivity contribution in [3.05, 3.63) is 77.4 Å². The van der Waals surface area contributed by atoms with Crippen LogP contribution in [0.3, 0.4) is 0 Å². The van der Waals surface area contributed by atoms with Gasteiger partial charge in [-0.2, -0.15) is 4.98 Å². The van der Waals surface area contributed by atoms with E-state index in [1.807, 2.05) is 12.1 Å². The molecule has 3 fully saturated rings. The van der Waals surface area contributed by atoms with Crippen LogP contribution in [-0.2, 0) is 16.9 Å². The van der Waals surface area contributed by atoms with Gasteiger partial charge < -0.3 is 25.3 Å². The zero-order chi connectivity index (χ0) is 36.4. The number of piperidine rings is 1. The lowest BCUT2D eigenvalue weighted by molar-refractivity contribution is -0.143. The molecule has 1 aromatic carbocycles. The van der Waals surface area contributed by atoms with Gasteiger partial charge in [0.05, 0.1) is 18.2 Å². The number of rotatable bonds is 11. The van der Waals surface area contributed by atoms with E-state index < -0.39 is 11.6 Å². The van der Waals surface area contributed by atoms with E-state index in [2.05, 4.69) is 48.7 Å². The Labute approximate surface area is 304 Å². The maximum absolute atomic E-state index is 13.4. The first-order valence-corrected chi connectivity index (χ1v) is 18.7. The molecular weight excluding hydrogens is 658 g/mol. The number of likely N-dealkylation sites (tertiary alicyclic amines) is 1. The van der Waals surface area contributed by atoms with Gasteiger partial charge in [-0.3, -0.25) is 14.5 Å². The fourth-order valence-electron chi connectivity index (χ4n) is 8.12. The quantitative estimate of drug-likeness (QED) is 0.188. The van der Waals surface area contributed by atoms with Crippen LogP contribution in [0, 0.1) is 11.8 Å². The number of aromatic nitrogens is 5. The smallest absolute Gasteiger partial charge is 0.306 e. The third-order valence-electron chi connectivity index (χ3n) is 11.1. The minimum absolute atomic E-state index is 0.141. The number of piperazine rings is 1. The number of fused-ring (bicyclic) bond motifs is 1. The molecule has 2 saturated heterocycles. The highest BCUT2D eigenvalue weighted by Gasteiger charge is 2.32. The van der Waals surface area contributed by atoms with Gasteiger partial charge in [-0.05, 0) is 108 Å². The summed E-state index contributed by atoms with van der Waals surface area (Å²) in [7, 11) is 0. The first-order valence-electron chi connectivity index (χ1n) is 18.7. The molecule has 3 aliphatic rings. The zero-order valence-corrected chi connectivity index (χ0v) is 30.3. The van der Waals surface area contributed by atoms with Gasteiger partial charge in [-0.25, -0.2) is 19.3 Å². The van der Waals surface area contributed by atoms with E-state index in [9.17, 15) is 19.8 Å². The number of aliphatic hydroxyl groups is 1.